The number of fused-ring (bicyclic) bond motifs is 1. The third-order valence-electron chi connectivity index (χ3n) is 3.73. The highest BCUT2D eigenvalue weighted by Crippen LogP contribution is 2.18. The Bertz CT molecular complexity index is 643. The Morgan fingerprint density at radius 1 is 1.41 bits per heavy atom. The molecule has 1 aromatic heterocycles. The summed E-state index contributed by atoms with van der Waals surface area (Å²) in [6.45, 7) is 9.58. The fourth-order valence-corrected chi connectivity index (χ4v) is 2.48. The number of rotatable bonds is 8. The third kappa shape index (κ3) is 4.20. The van der Waals surface area contributed by atoms with Crippen molar-refractivity contribution in [2.45, 2.75) is 39.7 Å². The minimum absolute atomic E-state index is 0.117. The molecule has 118 valence electrons. The van der Waals surface area contributed by atoms with Crippen molar-refractivity contribution in [1.82, 2.24) is 14.9 Å². The number of amides is 1. The summed E-state index contributed by atoms with van der Waals surface area (Å²) in [7, 11) is 0. The van der Waals surface area contributed by atoms with Crippen LogP contribution in [0.1, 0.15) is 32.5 Å². The molecule has 0 spiro atoms. The van der Waals surface area contributed by atoms with Gasteiger partial charge in [-0.25, -0.2) is 4.98 Å². The van der Waals surface area contributed by atoms with Gasteiger partial charge in [-0.3, -0.25) is 4.79 Å². The molecule has 0 aliphatic rings. The molecule has 2 aromatic rings. The Hall–Kier alpha value is -2.10. The summed E-state index contributed by atoms with van der Waals surface area (Å²) >= 11 is 0. The van der Waals surface area contributed by atoms with E-state index in [0.29, 0.717) is 12.5 Å². The summed E-state index contributed by atoms with van der Waals surface area (Å²) < 4.78 is 2.32. The molecule has 0 unspecified atom stereocenters. The lowest BCUT2D eigenvalue weighted by atomic mass is 10.1. The molecule has 0 bridgehead atoms. The van der Waals surface area contributed by atoms with Crippen LogP contribution in [0.5, 0.6) is 0 Å². The highest BCUT2D eigenvalue weighted by Gasteiger charge is 2.10. The normalized spacial score (nSPS) is 11.0. The lowest BCUT2D eigenvalue weighted by molar-refractivity contribution is -0.116. The van der Waals surface area contributed by atoms with Gasteiger partial charge >= 0.3 is 0 Å². The maximum absolute atomic E-state index is 11.2. The molecule has 1 aromatic carbocycles. The van der Waals surface area contributed by atoms with E-state index in [0.717, 1.165) is 37.1 Å². The van der Waals surface area contributed by atoms with E-state index >= 15 is 0 Å². The number of carbonyl (C=O) groups excluding carboxylic acids is 1. The van der Waals surface area contributed by atoms with E-state index in [2.05, 4.69) is 48.5 Å². The number of nitrogens with one attached hydrogen (secondary N) is 1. The van der Waals surface area contributed by atoms with Gasteiger partial charge in [-0.05, 0) is 37.0 Å². The fraction of sp³-hybridized carbons (Fsp3) is 0.444. The average molecular weight is 299 g/mol. The molecule has 22 heavy (non-hydrogen) atoms. The number of carbonyl (C=O) groups is 1. The Kier molecular flexibility index (Phi) is 5.75. The zero-order valence-corrected chi connectivity index (χ0v) is 13.5. The smallest absolute Gasteiger partial charge is 0.243 e. The summed E-state index contributed by atoms with van der Waals surface area (Å²) in [6, 6.07) is 8.27. The molecule has 4 heteroatoms. The highest BCUT2D eigenvalue weighted by atomic mass is 16.1. The van der Waals surface area contributed by atoms with E-state index in [-0.39, 0.29) is 5.91 Å². The predicted molar refractivity (Wildman–Crippen MR) is 90.7 cm³/mol. The number of para-hydroxylation sites is 2. The highest BCUT2D eigenvalue weighted by molar-refractivity contribution is 5.86. The van der Waals surface area contributed by atoms with Crippen LogP contribution in [0, 0.1) is 5.92 Å². The van der Waals surface area contributed by atoms with Crippen LogP contribution in [0.3, 0.4) is 0 Å². The van der Waals surface area contributed by atoms with Crippen LogP contribution in [-0.2, 0) is 17.8 Å². The number of nitrogens with zero attached hydrogens (tertiary/aromatic N) is 2. The van der Waals surface area contributed by atoms with E-state index in [1.807, 2.05) is 6.07 Å². The first-order chi connectivity index (χ1) is 10.6. The maximum atomic E-state index is 11.2. The zero-order valence-electron chi connectivity index (χ0n) is 13.5. The quantitative estimate of drug-likeness (QED) is 0.600. The number of aryl methyl sites for hydroxylation is 2. The molecular weight excluding hydrogens is 274 g/mol. The van der Waals surface area contributed by atoms with E-state index in [1.54, 1.807) is 0 Å². The van der Waals surface area contributed by atoms with Crippen LogP contribution in [0.4, 0.5) is 0 Å². The van der Waals surface area contributed by atoms with Gasteiger partial charge in [0, 0.05) is 19.5 Å². The molecule has 0 atom stereocenters. The van der Waals surface area contributed by atoms with Crippen molar-refractivity contribution in [2.75, 3.05) is 6.54 Å². The maximum Gasteiger partial charge on any atom is 0.243 e. The van der Waals surface area contributed by atoms with E-state index in [9.17, 15) is 4.79 Å². The molecule has 0 radical (unpaired) electrons. The van der Waals surface area contributed by atoms with Crippen molar-refractivity contribution in [1.29, 1.82) is 0 Å². The monoisotopic (exact) mass is 299 g/mol. The zero-order chi connectivity index (χ0) is 15.9. The molecule has 1 N–H and O–H groups in total. The van der Waals surface area contributed by atoms with Gasteiger partial charge in [0.2, 0.25) is 5.91 Å². The van der Waals surface area contributed by atoms with Gasteiger partial charge in [-0.1, -0.05) is 32.6 Å². The minimum atomic E-state index is -0.117. The second-order valence-electron chi connectivity index (χ2n) is 5.95. The van der Waals surface area contributed by atoms with Gasteiger partial charge in [0.05, 0.1) is 11.0 Å². The van der Waals surface area contributed by atoms with Crippen LogP contribution < -0.4 is 5.32 Å². The van der Waals surface area contributed by atoms with Crippen LogP contribution in [0.15, 0.2) is 36.9 Å². The summed E-state index contributed by atoms with van der Waals surface area (Å²) in [5.41, 5.74) is 2.25. The summed E-state index contributed by atoms with van der Waals surface area (Å²) in [5, 5.41) is 2.81. The topological polar surface area (TPSA) is 46.9 Å². The lowest BCUT2D eigenvalue weighted by Crippen LogP contribution is -2.22. The molecule has 0 aliphatic carbocycles. The van der Waals surface area contributed by atoms with Crippen molar-refractivity contribution in [3.8, 4) is 0 Å². The first-order valence-electron chi connectivity index (χ1n) is 7.96. The second kappa shape index (κ2) is 7.78. The molecule has 0 saturated heterocycles. The Morgan fingerprint density at radius 2 is 2.18 bits per heavy atom. The van der Waals surface area contributed by atoms with Crippen LogP contribution in [0.25, 0.3) is 11.0 Å². The Labute approximate surface area is 132 Å². The first-order valence-corrected chi connectivity index (χ1v) is 7.96. The Balaban J connectivity index is 2.08. The number of imidazole rings is 1. The minimum Gasteiger partial charge on any atom is -0.353 e. The standard InChI is InChI=1S/C18H25N3O/c1-4-18(22)19-12-7-10-17-20-15-8-5-6-9-16(15)21(17)13-11-14(2)3/h4-6,8-9,14H,1,7,10-13H2,2-3H3,(H,19,22). The van der Waals surface area contributed by atoms with Crippen molar-refractivity contribution in [3.05, 3.63) is 42.7 Å². The van der Waals surface area contributed by atoms with Gasteiger partial charge in [-0.15, -0.1) is 0 Å². The SMILES string of the molecule is C=CC(=O)NCCCc1nc2ccccc2n1CCC(C)C. The second-order valence-corrected chi connectivity index (χ2v) is 5.95. The fourth-order valence-electron chi connectivity index (χ4n) is 2.48. The largest absolute Gasteiger partial charge is 0.353 e. The number of hydrogen-bond donors (Lipinski definition) is 1. The molecular formula is C18H25N3O. The van der Waals surface area contributed by atoms with Crippen molar-refractivity contribution in [3.63, 3.8) is 0 Å². The van der Waals surface area contributed by atoms with Gasteiger partial charge in [0.25, 0.3) is 0 Å². The number of aromatic nitrogens is 2. The average Bonchev–Trinajstić information content (AvgIpc) is 2.86. The van der Waals surface area contributed by atoms with Crippen molar-refractivity contribution >= 4 is 16.9 Å². The Morgan fingerprint density at radius 3 is 2.91 bits per heavy atom. The van der Waals surface area contributed by atoms with Gasteiger partial charge < -0.3 is 9.88 Å². The van der Waals surface area contributed by atoms with Crippen molar-refractivity contribution < 1.29 is 4.79 Å². The molecule has 0 aliphatic heterocycles. The molecule has 1 heterocycles. The molecule has 0 fully saturated rings. The van der Waals surface area contributed by atoms with Gasteiger partial charge in [0.15, 0.2) is 0 Å². The third-order valence-corrected chi connectivity index (χ3v) is 3.73. The molecule has 2 rings (SSSR count). The first kappa shape index (κ1) is 16.3. The summed E-state index contributed by atoms with van der Waals surface area (Å²) in [5.74, 6) is 1.66. The molecule has 1 amide bonds. The van der Waals surface area contributed by atoms with E-state index < -0.39 is 0 Å². The predicted octanol–water partition coefficient (Wildman–Crippen LogP) is 3.32. The molecule has 4 nitrogen and oxygen atoms in total. The van der Waals surface area contributed by atoms with Gasteiger partial charge in [0.1, 0.15) is 5.82 Å². The summed E-state index contributed by atoms with van der Waals surface area (Å²) in [6.07, 6.45) is 4.19. The van der Waals surface area contributed by atoms with Crippen LogP contribution >= 0.6 is 0 Å². The number of benzene rings is 1. The van der Waals surface area contributed by atoms with E-state index in [4.69, 9.17) is 4.98 Å². The lowest BCUT2D eigenvalue weighted by Gasteiger charge is -2.11. The van der Waals surface area contributed by atoms with E-state index in [1.165, 1.54) is 11.6 Å². The molecule has 0 saturated carbocycles. The van der Waals surface area contributed by atoms with Crippen molar-refractivity contribution in [2.24, 2.45) is 5.92 Å². The van der Waals surface area contributed by atoms with Crippen LogP contribution in [0.2, 0.25) is 0 Å². The summed E-state index contributed by atoms with van der Waals surface area (Å²) in [4.78, 5) is 15.9. The van der Waals surface area contributed by atoms with Gasteiger partial charge in [-0.2, -0.15) is 0 Å². The van der Waals surface area contributed by atoms with Crippen LogP contribution in [-0.4, -0.2) is 22.0 Å². The number of hydrogen-bond acceptors (Lipinski definition) is 2.